The van der Waals surface area contributed by atoms with Gasteiger partial charge in [-0.3, -0.25) is 9.59 Å². The van der Waals surface area contributed by atoms with Gasteiger partial charge < -0.3 is 10.4 Å². The molecule has 2 saturated carbocycles. The van der Waals surface area contributed by atoms with E-state index in [0.717, 1.165) is 38.5 Å². The van der Waals surface area contributed by atoms with Gasteiger partial charge in [0.2, 0.25) is 5.91 Å². The lowest BCUT2D eigenvalue weighted by atomic mass is 9.70. The van der Waals surface area contributed by atoms with Crippen LogP contribution in [-0.2, 0) is 9.59 Å². The summed E-state index contributed by atoms with van der Waals surface area (Å²) in [6.07, 6.45) is 9.05. The normalized spacial score (nSPS) is 24.2. The molecule has 0 atom stereocenters. The van der Waals surface area contributed by atoms with E-state index in [-0.39, 0.29) is 17.7 Å². The van der Waals surface area contributed by atoms with E-state index in [0.29, 0.717) is 19.4 Å². The van der Waals surface area contributed by atoms with Crippen LogP contribution in [0.3, 0.4) is 0 Å². The molecule has 2 N–H and O–H groups in total. The molecule has 0 unspecified atom stereocenters. The number of hydrogen-bond acceptors (Lipinski definition) is 2. The zero-order valence-electron chi connectivity index (χ0n) is 12.5. The highest BCUT2D eigenvalue weighted by atomic mass is 16.4. The van der Waals surface area contributed by atoms with Gasteiger partial charge in [-0.05, 0) is 31.1 Å². The van der Waals surface area contributed by atoms with E-state index in [9.17, 15) is 14.7 Å². The highest BCUT2D eigenvalue weighted by Gasteiger charge is 2.41. The molecule has 0 radical (unpaired) electrons. The van der Waals surface area contributed by atoms with Gasteiger partial charge in [-0.25, -0.2) is 0 Å². The van der Waals surface area contributed by atoms with Crippen molar-refractivity contribution in [2.75, 3.05) is 6.54 Å². The minimum Gasteiger partial charge on any atom is -0.481 e. The molecule has 4 nitrogen and oxygen atoms in total. The minimum atomic E-state index is -0.818. The molecule has 0 spiro atoms. The van der Waals surface area contributed by atoms with E-state index in [1.807, 2.05) is 0 Å². The van der Waals surface area contributed by atoms with Gasteiger partial charge >= 0.3 is 5.97 Å². The Hall–Kier alpha value is -1.06. The summed E-state index contributed by atoms with van der Waals surface area (Å²) < 4.78 is 0. The summed E-state index contributed by atoms with van der Waals surface area (Å²) in [7, 11) is 0. The molecule has 4 heteroatoms. The SMILES string of the molecule is CC1(CNC(=O)CC2(C(=O)O)CCCCCC2)CCC1. The molecule has 0 aromatic rings. The highest BCUT2D eigenvalue weighted by Crippen LogP contribution is 2.40. The summed E-state index contributed by atoms with van der Waals surface area (Å²) in [5, 5.41) is 12.5. The molecular formula is C16H27NO3. The predicted molar refractivity (Wildman–Crippen MR) is 77.4 cm³/mol. The van der Waals surface area contributed by atoms with Crippen LogP contribution in [0.5, 0.6) is 0 Å². The fourth-order valence-corrected chi connectivity index (χ4v) is 3.51. The molecule has 1 amide bonds. The maximum absolute atomic E-state index is 12.1. The monoisotopic (exact) mass is 281 g/mol. The zero-order chi connectivity index (χ0) is 14.6. The van der Waals surface area contributed by atoms with Crippen LogP contribution < -0.4 is 5.32 Å². The van der Waals surface area contributed by atoms with Crippen molar-refractivity contribution in [2.45, 2.75) is 71.1 Å². The number of amides is 1. The molecule has 0 bridgehead atoms. The predicted octanol–water partition coefficient (Wildman–Crippen LogP) is 3.11. The number of hydrogen-bond donors (Lipinski definition) is 2. The van der Waals surface area contributed by atoms with Crippen LogP contribution in [-0.4, -0.2) is 23.5 Å². The third-order valence-corrected chi connectivity index (χ3v) is 5.29. The second kappa shape index (κ2) is 6.15. The smallest absolute Gasteiger partial charge is 0.310 e. The summed E-state index contributed by atoms with van der Waals surface area (Å²) >= 11 is 0. The quantitative estimate of drug-likeness (QED) is 0.761. The molecule has 114 valence electrons. The number of carbonyl (C=O) groups is 2. The van der Waals surface area contributed by atoms with Crippen LogP contribution in [0.2, 0.25) is 0 Å². The third kappa shape index (κ3) is 3.53. The molecule has 0 aliphatic heterocycles. The van der Waals surface area contributed by atoms with Crippen LogP contribution in [0.25, 0.3) is 0 Å². The topological polar surface area (TPSA) is 66.4 Å². The van der Waals surface area contributed by atoms with Crippen molar-refractivity contribution in [1.82, 2.24) is 5.32 Å². The number of aliphatic carboxylic acids is 1. The lowest BCUT2D eigenvalue weighted by Gasteiger charge is -2.38. The largest absolute Gasteiger partial charge is 0.481 e. The van der Waals surface area contributed by atoms with Crippen molar-refractivity contribution in [1.29, 1.82) is 0 Å². The molecule has 2 aliphatic carbocycles. The van der Waals surface area contributed by atoms with Crippen LogP contribution >= 0.6 is 0 Å². The summed E-state index contributed by atoms with van der Waals surface area (Å²) in [6, 6.07) is 0. The van der Waals surface area contributed by atoms with E-state index in [1.54, 1.807) is 0 Å². The lowest BCUT2D eigenvalue weighted by Crippen LogP contribution is -2.43. The van der Waals surface area contributed by atoms with Gasteiger partial charge in [0.15, 0.2) is 0 Å². The summed E-state index contributed by atoms with van der Waals surface area (Å²) in [6.45, 7) is 2.89. The standard InChI is InChI=1S/C16H27NO3/c1-15(7-6-8-15)12-17-13(18)11-16(14(19)20)9-4-2-3-5-10-16/h2-12H2,1H3,(H,17,18)(H,19,20). The van der Waals surface area contributed by atoms with Crippen molar-refractivity contribution in [3.63, 3.8) is 0 Å². The molecule has 2 fully saturated rings. The Morgan fingerprint density at radius 1 is 1.00 bits per heavy atom. The average molecular weight is 281 g/mol. The number of carboxylic acids is 1. The first kappa shape index (κ1) is 15.3. The first-order chi connectivity index (χ1) is 9.46. The second-order valence-electron chi connectivity index (χ2n) is 7.12. The number of carboxylic acid groups (broad SMARTS) is 1. The van der Waals surface area contributed by atoms with Crippen LogP contribution in [0.15, 0.2) is 0 Å². The summed E-state index contributed by atoms with van der Waals surface area (Å²) in [5.74, 6) is -0.869. The van der Waals surface area contributed by atoms with Crippen LogP contribution in [0.4, 0.5) is 0 Å². The second-order valence-corrected chi connectivity index (χ2v) is 7.12. The van der Waals surface area contributed by atoms with Gasteiger partial charge in [0.25, 0.3) is 0 Å². The molecule has 0 saturated heterocycles. The van der Waals surface area contributed by atoms with E-state index < -0.39 is 11.4 Å². The molecule has 20 heavy (non-hydrogen) atoms. The van der Waals surface area contributed by atoms with Crippen LogP contribution in [0, 0.1) is 10.8 Å². The highest BCUT2D eigenvalue weighted by molar-refractivity contribution is 5.85. The fourth-order valence-electron chi connectivity index (χ4n) is 3.51. The molecule has 2 aliphatic rings. The Labute approximate surface area is 121 Å². The zero-order valence-corrected chi connectivity index (χ0v) is 12.5. The van der Waals surface area contributed by atoms with E-state index in [4.69, 9.17) is 0 Å². The number of carbonyl (C=O) groups excluding carboxylic acids is 1. The van der Waals surface area contributed by atoms with Gasteiger partial charge in [-0.2, -0.15) is 0 Å². The Morgan fingerprint density at radius 2 is 1.60 bits per heavy atom. The molecule has 0 aromatic heterocycles. The Kier molecular flexibility index (Phi) is 4.71. The third-order valence-electron chi connectivity index (χ3n) is 5.29. The summed E-state index contributed by atoms with van der Waals surface area (Å²) in [4.78, 5) is 23.8. The van der Waals surface area contributed by atoms with Crippen molar-refractivity contribution < 1.29 is 14.7 Å². The lowest BCUT2D eigenvalue weighted by molar-refractivity contribution is -0.153. The van der Waals surface area contributed by atoms with Crippen molar-refractivity contribution >= 4 is 11.9 Å². The van der Waals surface area contributed by atoms with Crippen molar-refractivity contribution in [2.24, 2.45) is 10.8 Å². The Morgan fingerprint density at radius 3 is 2.05 bits per heavy atom. The Balaban J connectivity index is 1.89. The summed E-state index contributed by atoms with van der Waals surface area (Å²) in [5.41, 5.74) is -0.573. The molecule has 0 heterocycles. The minimum absolute atomic E-state index is 0.0811. The molecule has 0 aromatic carbocycles. The maximum atomic E-state index is 12.1. The van der Waals surface area contributed by atoms with Gasteiger partial charge in [-0.15, -0.1) is 0 Å². The fraction of sp³-hybridized carbons (Fsp3) is 0.875. The van der Waals surface area contributed by atoms with E-state index in [1.165, 1.54) is 6.42 Å². The average Bonchev–Trinajstić information content (AvgIpc) is 2.60. The van der Waals surface area contributed by atoms with Gasteiger partial charge in [0, 0.05) is 13.0 Å². The van der Waals surface area contributed by atoms with Crippen LogP contribution in [0.1, 0.15) is 71.1 Å². The van der Waals surface area contributed by atoms with Gasteiger partial charge in [-0.1, -0.05) is 39.0 Å². The number of nitrogens with one attached hydrogen (secondary N) is 1. The maximum Gasteiger partial charge on any atom is 0.310 e. The first-order valence-electron chi connectivity index (χ1n) is 7.96. The van der Waals surface area contributed by atoms with Crippen molar-refractivity contribution in [3.05, 3.63) is 0 Å². The van der Waals surface area contributed by atoms with E-state index >= 15 is 0 Å². The van der Waals surface area contributed by atoms with Gasteiger partial charge in [0.05, 0.1) is 5.41 Å². The Bertz CT molecular complexity index is 366. The molecular weight excluding hydrogens is 254 g/mol. The van der Waals surface area contributed by atoms with E-state index in [2.05, 4.69) is 12.2 Å². The van der Waals surface area contributed by atoms with Crippen molar-refractivity contribution in [3.8, 4) is 0 Å². The van der Waals surface area contributed by atoms with Gasteiger partial charge in [0.1, 0.15) is 0 Å². The number of rotatable bonds is 5. The molecule has 2 rings (SSSR count). The first-order valence-corrected chi connectivity index (χ1v) is 7.96.